The lowest BCUT2D eigenvalue weighted by Crippen LogP contribution is -2.02. The zero-order valence-electron chi connectivity index (χ0n) is 12.2. The molecule has 0 bridgehead atoms. The van der Waals surface area contributed by atoms with Crippen molar-refractivity contribution in [3.05, 3.63) is 70.4 Å². The molecule has 23 heavy (non-hydrogen) atoms. The van der Waals surface area contributed by atoms with E-state index in [1.54, 1.807) is 6.20 Å². The summed E-state index contributed by atoms with van der Waals surface area (Å²) in [5.41, 5.74) is 4.35. The summed E-state index contributed by atoms with van der Waals surface area (Å²) in [4.78, 5) is 16.1. The molecule has 0 aliphatic carbocycles. The Morgan fingerprint density at radius 1 is 1.22 bits per heavy atom. The normalized spacial score (nSPS) is 13.0. The number of esters is 1. The first-order valence-electron chi connectivity index (χ1n) is 7.28. The minimum atomic E-state index is -0.265. The lowest BCUT2D eigenvalue weighted by atomic mass is 10.1. The van der Waals surface area contributed by atoms with Crippen LogP contribution in [0.2, 0.25) is 5.02 Å². The Bertz CT molecular complexity index is 924. The fourth-order valence-electron chi connectivity index (χ4n) is 2.78. The van der Waals surface area contributed by atoms with Crippen LogP contribution in [-0.4, -0.2) is 11.0 Å². The highest BCUT2D eigenvalue weighted by Crippen LogP contribution is 2.26. The number of hydrogen-bond donors (Lipinski definition) is 1. The number of ether oxygens (including phenoxy) is 1. The maximum atomic E-state index is 11.6. The lowest BCUT2D eigenvalue weighted by molar-refractivity contribution is 0.0535. The second-order valence-corrected chi connectivity index (χ2v) is 5.88. The number of rotatable bonds is 3. The molecule has 0 radical (unpaired) electrons. The largest absolute Gasteiger partial charge is 0.457 e. The molecule has 5 heteroatoms. The van der Waals surface area contributed by atoms with E-state index in [1.807, 2.05) is 42.5 Å². The molecule has 1 aliphatic rings. The molecule has 0 spiro atoms. The van der Waals surface area contributed by atoms with Gasteiger partial charge in [0.05, 0.1) is 11.1 Å². The van der Waals surface area contributed by atoms with Crippen LogP contribution in [-0.2, 0) is 17.9 Å². The monoisotopic (exact) mass is 324 g/mol. The first-order valence-corrected chi connectivity index (χ1v) is 7.65. The molecule has 114 valence electrons. The van der Waals surface area contributed by atoms with Gasteiger partial charge in [0.1, 0.15) is 6.61 Å². The first-order chi connectivity index (χ1) is 11.2. The quantitative estimate of drug-likeness (QED) is 0.735. The van der Waals surface area contributed by atoms with Gasteiger partial charge in [-0.15, -0.1) is 0 Å². The number of fused-ring (bicyclic) bond motifs is 2. The summed E-state index contributed by atoms with van der Waals surface area (Å²) in [5.74, 6) is -0.265. The van der Waals surface area contributed by atoms with Gasteiger partial charge in [0.2, 0.25) is 0 Å². The third-order valence-electron chi connectivity index (χ3n) is 3.92. The second kappa shape index (κ2) is 5.56. The van der Waals surface area contributed by atoms with Crippen molar-refractivity contribution >= 4 is 34.2 Å². The van der Waals surface area contributed by atoms with Gasteiger partial charge in [-0.25, -0.2) is 4.79 Å². The standard InChI is InChI=1S/C18H13ClN2O2/c19-14-6-11-2-1-5-20-17(11)13(7-14)9-21-15-4-3-12-10-23-18(22)16(12)8-15/h1-8,21H,9-10H2. The number of benzene rings is 2. The first kappa shape index (κ1) is 14.0. The maximum absolute atomic E-state index is 11.6. The topological polar surface area (TPSA) is 51.2 Å². The molecule has 1 aromatic heterocycles. The molecule has 0 atom stereocenters. The summed E-state index contributed by atoms with van der Waals surface area (Å²) in [6.45, 7) is 0.930. The molecule has 0 saturated carbocycles. The number of pyridine rings is 1. The Labute approximate surface area is 138 Å². The number of halogens is 1. The van der Waals surface area contributed by atoms with Gasteiger partial charge in [-0.2, -0.15) is 0 Å². The van der Waals surface area contributed by atoms with E-state index in [0.717, 1.165) is 27.7 Å². The molecule has 4 rings (SSSR count). The van der Waals surface area contributed by atoms with Crippen molar-refractivity contribution < 1.29 is 9.53 Å². The Balaban J connectivity index is 1.63. The van der Waals surface area contributed by atoms with Gasteiger partial charge in [-0.05, 0) is 35.9 Å². The van der Waals surface area contributed by atoms with Crippen molar-refractivity contribution in [1.82, 2.24) is 4.98 Å². The van der Waals surface area contributed by atoms with Crippen molar-refractivity contribution in [3.8, 4) is 0 Å². The van der Waals surface area contributed by atoms with Crippen LogP contribution < -0.4 is 5.32 Å². The van der Waals surface area contributed by atoms with Gasteiger partial charge in [0.15, 0.2) is 0 Å². The number of nitrogens with zero attached hydrogens (tertiary/aromatic N) is 1. The Hall–Kier alpha value is -2.59. The van der Waals surface area contributed by atoms with Crippen LogP contribution in [0.3, 0.4) is 0 Å². The maximum Gasteiger partial charge on any atom is 0.338 e. The molecule has 2 heterocycles. The van der Waals surface area contributed by atoms with Gasteiger partial charge in [-0.1, -0.05) is 23.7 Å². The minimum Gasteiger partial charge on any atom is -0.457 e. The van der Waals surface area contributed by atoms with E-state index in [9.17, 15) is 4.79 Å². The van der Waals surface area contributed by atoms with E-state index >= 15 is 0 Å². The van der Waals surface area contributed by atoms with Crippen molar-refractivity contribution in [2.45, 2.75) is 13.2 Å². The zero-order valence-corrected chi connectivity index (χ0v) is 12.9. The number of carbonyl (C=O) groups is 1. The SMILES string of the molecule is O=C1OCc2ccc(NCc3cc(Cl)cc4cccnc34)cc21. The number of cyclic esters (lactones) is 1. The van der Waals surface area contributed by atoms with Gasteiger partial charge < -0.3 is 10.1 Å². The molecule has 4 nitrogen and oxygen atoms in total. The number of aromatic nitrogens is 1. The van der Waals surface area contributed by atoms with Crippen LogP contribution in [0.4, 0.5) is 5.69 Å². The van der Waals surface area contributed by atoms with E-state index in [-0.39, 0.29) is 5.97 Å². The van der Waals surface area contributed by atoms with Crippen LogP contribution in [0.15, 0.2) is 48.7 Å². The van der Waals surface area contributed by atoms with Crippen molar-refractivity contribution in [3.63, 3.8) is 0 Å². The smallest absolute Gasteiger partial charge is 0.338 e. The molecule has 3 aromatic rings. The van der Waals surface area contributed by atoms with Crippen LogP contribution in [0.1, 0.15) is 21.5 Å². The number of carbonyl (C=O) groups excluding carboxylic acids is 1. The molecule has 0 saturated heterocycles. The fraction of sp³-hybridized carbons (Fsp3) is 0.111. The predicted octanol–water partition coefficient (Wildman–Crippen LogP) is 4.17. The average molecular weight is 325 g/mol. The van der Waals surface area contributed by atoms with Gasteiger partial charge in [0.25, 0.3) is 0 Å². The van der Waals surface area contributed by atoms with Crippen molar-refractivity contribution in [2.75, 3.05) is 5.32 Å². The van der Waals surface area contributed by atoms with Crippen LogP contribution in [0, 0.1) is 0 Å². The summed E-state index contributed by atoms with van der Waals surface area (Å²) in [7, 11) is 0. The molecule has 1 aliphatic heterocycles. The van der Waals surface area contributed by atoms with E-state index in [1.165, 1.54) is 0 Å². The Morgan fingerprint density at radius 2 is 2.13 bits per heavy atom. The lowest BCUT2D eigenvalue weighted by Gasteiger charge is -2.10. The molecule has 1 N–H and O–H groups in total. The van der Waals surface area contributed by atoms with E-state index < -0.39 is 0 Å². The summed E-state index contributed by atoms with van der Waals surface area (Å²) in [6.07, 6.45) is 1.77. The Morgan fingerprint density at radius 3 is 3.04 bits per heavy atom. The van der Waals surface area contributed by atoms with Crippen LogP contribution in [0.25, 0.3) is 10.9 Å². The van der Waals surface area contributed by atoms with Gasteiger partial charge in [0, 0.05) is 34.4 Å². The summed E-state index contributed by atoms with van der Waals surface area (Å²) < 4.78 is 5.02. The van der Waals surface area contributed by atoms with Crippen LogP contribution in [0.5, 0.6) is 0 Å². The highest BCUT2D eigenvalue weighted by atomic mass is 35.5. The summed E-state index contributed by atoms with van der Waals surface area (Å²) in [5, 5.41) is 5.01. The predicted molar refractivity (Wildman–Crippen MR) is 89.6 cm³/mol. The number of nitrogens with one attached hydrogen (secondary N) is 1. The molecule has 2 aromatic carbocycles. The van der Waals surface area contributed by atoms with E-state index in [4.69, 9.17) is 16.3 Å². The molecule has 0 fully saturated rings. The fourth-order valence-corrected chi connectivity index (χ4v) is 3.03. The van der Waals surface area contributed by atoms with Crippen molar-refractivity contribution in [1.29, 1.82) is 0 Å². The van der Waals surface area contributed by atoms with Gasteiger partial charge >= 0.3 is 5.97 Å². The zero-order chi connectivity index (χ0) is 15.8. The van der Waals surface area contributed by atoms with E-state index in [0.29, 0.717) is 23.7 Å². The number of hydrogen-bond acceptors (Lipinski definition) is 4. The Kier molecular flexibility index (Phi) is 3.39. The molecule has 0 amide bonds. The van der Waals surface area contributed by atoms with E-state index in [2.05, 4.69) is 10.3 Å². The molecule has 0 unspecified atom stereocenters. The van der Waals surface area contributed by atoms with Crippen LogP contribution >= 0.6 is 11.6 Å². The average Bonchev–Trinajstić information content (AvgIpc) is 2.93. The van der Waals surface area contributed by atoms with Gasteiger partial charge in [-0.3, -0.25) is 4.98 Å². The summed E-state index contributed by atoms with van der Waals surface area (Å²) >= 11 is 6.18. The van der Waals surface area contributed by atoms with Crippen molar-refractivity contribution in [2.24, 2.45) is 0 Å². The second-order valence-electron chi connectivity index (χ2n) is 5.44. The third kappa shape index (κ3) is 2.62. The minimum absolute atomic E-state index is 0.265. The molecular weight excluding hydrogens is 312 g/mol. The highest BCUT2D eigenvalue weighted by Gasteiger charge is 2.20. The highest BCUT2D eigenvalue weighted by molar-refractivity contribution is 6.31. The molecular formula is C18H13ClN2O2. The third-order valence-corrected chi connectivity index (χ3v) is 4.14. The summed E-state index contributed by atoms with van der Waals surface area (Å²) in [6, 6.07) is 13.4. The number of anilines is 1.